The summed E-state index contributed by atoms with van der Waals surface area (Å²) in [5, 5.41) is 0. The van der Waals surface area contributed by atoms with E-state index in [0.717, 1.165) is 17.6 Å². The number of hydrogen-bond acceptors (Lipinski definition) is 4. The van der Waals surface area contributed by atoms with Crippen LogP contribution in [-0.4, -0.2) is 18.0 Å². The van der Waals surface area contributed by atoms with Gasteiger partial charge < -0.3 is 9.47 Å². The van der Waals surface area contributed by atoms with E-state index in [1.54, 1.807) is 13.0 Å². The van der Waals surface area contributed by atoms with Crippen LogP contribution in [0.25, 0.3) is 0 Å². The summed E-state index contributed by atoms with van der Waals surface area (Å²) >= 11 is 0. The monoisotopic (exact) mass is 328 g/mol. The molecule has 0 saturated carbocycles. The summed E-state index contributed by atoms with van der Waals surface area (Å²) in [5.74, 6) is -0.923. The molecule has 0 aliphatic rings. The number of hydrogen-bond donors (Lipinski definition) is 0. The molecule has 0 unspecified atom stereocenters. The fraction of sp³-hybridized carbons (Fsp3) is 0.300. The van der Waals surface area contributed by atoms with Gasteiger partial charge in [-0.2, -0.15) is 0 Å². The second-order valence-corrected chi connectivity index (χ2v) is 5.28. The van der Waals surface area contributed by atoms with Crippen molar-refractivity contribution in [3.05, 3.63) is 71.8 Å². The molecule has 0 spiro atoms. The lowest BCUT2D eigenvalue weighted by atomic mass is 10.2. The smallest absolute Gasteiger partial charge is 0.331 e. The van der Waals surface area contributed by atoms with Gasteiger partial charge in [-0.15, -0.1) is 0 Å². The molecule has 0 bridgehead atoms. The van der Waals surface area contributed by atoms with E-state index in [1.165, 1.54) is 18.2 Å². The van der Waals surface area contributed by atoms with Gasteiger partial charge in [-0.1, -0.05) is 55.0 Å². The molecule has 0 aliphatic carbocycles. The Bertz CT molecular complexity index is 612. The Morgan fingerprint density at radius 3 is 2.46 bits per heavy atom. The molecule has 0 fully saturated rings. The summed E-state index contributed by atoms with van der Waals surface area (Å²) in [6.45, 7) is 5.84. The summed E-state index contributed by atoms with van der Waals surface area (Å²) in [6, 6.07) is 9.41. The first-order valence-electron chi connectivity index (χ1n) is 7.95. The highest BCUT2D eigenvalue weighted by atomic mass is 16.5. The van der Waals surface area contributed by atoms with Crippen molar-refractivity contribution in [1.82, 2.24) is 0 Å². The predicted molar refractivity (Wildman–Crippen MR) is 94.1 cm³/mol. The van der Waals surface area contributed by atoms with E-state index in [-0.39, 0.29) is 6.61 Å². The summed E-state index contributed by atoms with van der Waals surface area (Å²) in [6.07, 6.45) is 8.25. The Balaban J connectivity index is 2.36. The Morgan fingerprint density at radius 2 is 1.79 bits per heavy atom. The lowest BCUT2D eigenvalue weighted by Crippen LogP contribution is -2.11. The normalized spacial score (nSPS) is 13.2. The van der Waals surface area contributed by atoms with Crippen LogP contribution in [0.2, 0.25) is 0 Å². The average Bonchev–Trinajstić information content (AvgIpc) is 2.57. The zero-order chi connectivity index (χ0) is 17.8. The molecule has 1 rings (SSSR count). The van der Waals surface area contributed by atoms with Crippen LogP contribution in [0.3, 0.4) is 0 Å². The van der Waals surface area contributed by atoms with Crippen LogP contribution in [-0.2, 0) is 25.7 Å². The molecule has 0 saturated heterocycles. The van der Waals surface area contributed by atoms with Gasteiger partial charge in [0.1, 0.15) is 12.7 Å². The summed E-state index contributed by atoms with van der Waals surface area (Å²) in [5.41, 5.74) is 1.92. The number of ether oxygens (including phenoxy) is 2. The van der Waals surface area contributed by atoms with E-state index in [9.17, 15) is 9.59 Å². The summed E-state index contributed by atoms with van der Waals surface area (Å²) in [4.78, 5) is 23.3. The van der Waals surface area contributed by atoms with Crippen molar-refractivity contribution < 1.29 is 19.1 Å². The van der Waals surface area contributed by atoms with Crippen LogP contribution in [0.4, 0.5) is 0 Å². The van der Waals surface area contributed by atoms with Gasteiger partial charge >= 0.3 is 11.9 Å². The maximum absolute atomic E-state index is 11.6. The van der Waals surface area contributed by atoms with Crippen LogP contribution in [0, 0.1) is 0 Å². The molecule has 0 heterocycles. The molecule has 0 N–H and O–H groups in total. The third-order valence-electron chi connectivity index (χ3n) is 3.04. The van der Waals surface area contributed by atoms with Crippen LogP contribution >= 0.6 is 0 Å². The highest BCUT2D eigenvalue weighted by Crippen LogP contribution is 2.02. The van der Waals surface area contributed by atoms with Crippen molar-refractivity contribution in [2.75, 3.05) is 0 Å². The molecular weight excluding hydrogens is 304 g/mol. The molecule has 4 nitrogen and oxygen atoms in total. The highest BCUT2D eigenvalue weighted by Gasteiger charge is 2.05. The minimum Gasteiger partial charge on any atom is -0.458 e. The minimum atomic E-state index is -0.512. The third kappa shape index (κ3) is 8.73. The Morgan fingerprint density at radius 1 is 1.08 bits per heavy atom. The molecule has 1 aromatic carbocycles. The number of carbonyl (C=O) groups is 2. The summed E-state index contributed by atoms with van der Waals surface area (Å²) < 4.78 is 10.2. The maximum Gasteiger partial charge on any atom is 0.331 e. The van der Waals surface area contributed by atoms with E-state index in [1.807, 2.05) is 50.3 Å². The number of allylic oxidation sites excluding steroid dienone is 3. The first-order valence-corrected chi connectivity index (χ1v) is 7.95. The molecule has 0 radical (unpaired) electrons. The first-order chi connectivity index (χ1) is 11.5. The fourth-order valence-corrected chi connectivity index (χ4v) is 1.84. The SMILES string of the molecule is CCC=C(C)C=CC(=O)O[C@H](C)C=CC(=O)OCc1ccccc1. The van der Waals surface area contributed by atoms with E-state index in [2.05, 4.69) is 0 Å². The van der Waals surface area contributed by atoms with Crippen molar-refractivity contribution in [3.8, 4) is 0 Å². The molecule has 128 valence electrons. The number of rotatable bonds is 8. The van der Waals surface area contributed by atoms with E-state index >= 15 is 0 Å². The molecule has 0 amide bonds. The first kappa shape index (κ1) is 19.4. The summed E-state index contributed by atoms with van der Waals surface area (Å²) in [7, 11) is 0. The topological polar surface area (TPSA) is 52.6 Å². The number of benzene rings is 1. The molecule has 1 atom stereocenters. The molecule has 0 aliphatic heterocycles. The molecule has 4 heteroatoms. The van der Waals surface area contributed by atoms with E-state index in [0.29, 0.717) is 0 Å². The van der Waals surface area contributed by atoms with Crippen LogP contribution in [0.1, 0.15) is 32.8 Å². The van der Waals surface area contributed by atoms with Gasteiger partial charge in [0.15, 0.2) is 0 Å². The van der Waals surface area contributed by atoms with Crippen LogP contribution < -0.4 is 0 Å². The van der Waals surface area contributed by atoms with E-state index < -0.39 is 18.0 Å². The lowest BCUT2D eigenvalue weighted by Gasteiger charge is -2.07. The minimum absolute atomic E-state index is 0.212. The molecular formula is C20H24O4. The lowest BCUT2D eigenvalue weighted by molar-refractivity contribution is -0.141. The number of carbonyl (C=O) groups excluding carboxylic acids is 2. The van der Waals surface area contributed by atoms with Crippen molar-refractivity contribution in [2.24, 2.45) is 0 Å². The van der Waals surface area contributed by atoms with Gasteiger partial charge in [-0.3, -0.25) is 0 Å². The van der Waals surface area contributed by atoms with Crippen molar-refractivity contribution in [1.29, 1.82) is 0 Å². The molecule has 24 heavy (non-hydrogen) atoms. The second-order valence-electron chi connectivity index (χ2n) is 5.28. The second kappa shape index (κ2) is 11.0. The molecule has 1 aromatic rings. The van der Waals surface area contributed by atoms with Gasteiger partial charge in [0.05, 0.1) is 0 Å². The quantitative estimate of drug-likeness (QED) is 0.409. The van der Waals surface area contributed by atoms with Crippen molar-refractivity contribution in [2.45, 2.75) is 39.9 Å². The third-order valence-corrected chi connectivity index (χ3v) is 3.04. The molecule has 0 aromatic heterocycles. The predicted octanol–water partition coefficient (Wildman–Crippen LogP) is 4.13. The highest BCUT2D eigenvalue weighted by molar-refractivity contribution is 5.83. The largest absolute Gasteiger partial charge is 0.458 e. The van der Waals surface area contributed by atoms with Crippen LogP contribution in [0.15, 0.2) is 66.3 Å². The van der Waals surface area contributed by atoms with Gasteiger partial charge in [0, 0.05) is 12.2 Å². The number of esters is 2. The van der Waals surface area contributed by atoms with Crippen molar-refractivity contribution >= 4 is 11.9 Å². The maximum atomic E-state index is 11.6. The van der Waals surface area contributed by atoms with Crippen LogP contribution in [0.5, 0.6) is 0 Å². The van der Waals surface area contributed by atoms with Gasteiger partial charge in [0.25, 0.3) is 0 Å². The fourth-order valence-electron chi connectivity index (χ4n) is 1.84. The van der Waals surface area contributed by atoms with E-state index in [4.69, 9.17) is 9.47 Å². The Kier molecular flexibility index (Phi) is 8.90. The van der Waals surface area contributed by atoms with Gasteiger partial charge in [0.2, 0.25) is 0 Å². The standard InChI is InChI=1S/C20H24O4/c1-4-8-16(2)11-13-20(22)24-17(3)12-14-19(21)23-15-18-9-6-5-7-10-18/h5-14,17H,4,15H2,1-3H3/t17-/m1/s1. The Labute approximate surface area is 143 Å². The van der Waals surface area contributed by atoms with Gasteiger partial charge in [-0.25, -0.2) is 9.59 Å². The zero-order valence-corrected chi connectivity index (χ0v) is 14.4. The average molecular weight is 328 g/mol. The van der Waals surface area contributed by atoms with Gasteiger partial charge in [-0.05, 0) is 31.9 Å². The zero-order valence-electron chi connectivity index (χ0n) is 14.4. The Hall–Kier alpha value is -2.62. The van der Waals surface area contributed by atoms with Crippen molar-refractivity contribution in [3.63, 3.8) is 0 Å².